The minimum atomic E-state index is -0.361. The summed E-state index contributed by atoms with van der Waals surface area (Å²) in [5.41, 5.74) is 4.41. The Balaban J connectivity index is 1.58. The zero-order valence-electron chi connectivity index (χ0n) is 21.2. The largest absolute Gasteiger partial charge is 0.337 e. The van der Waals surface area contributed by atoms with Crippen LogP contribution in [0.1, 0.15) is 40.7 Å². The molecule has 38 heavy (non-hydrogen) atoms. The Hall–Kier alpha value is -4.52. The molecule has 4 aromatic rings. The van der Waals surface area contributed by atoms with Gasteiger partial charge in [0.25, 0.3) is 11.8 Å². The van der Waals surface area contributed by atoms with Crippen molar-refractivity contribution in [3.05, 3.63) is 113 Å². The number of benzene rings is 3. The lowest BCUT2D eigenvalue weighted by molar-refractivity contribution is -0.128. The molecular weight excluding hydrogens is 479 g/mol. The number of amides is 2. The summed E-state index contributed by atoms with van der Waals surface area (Å²) in [4.78, 5) is 28.6. The predicted octanol–water partition coefficient (Wildman–Crippen LogP) is 5.77. The maximum Gasteiger partial charge on any atom is 0.270 e. The van der Waals surface area contributed by atoms with Crippen LogP contribution in [0.4, 0.5) is 4.39 Å². The van der Waals surface area contributed by atoms with Crippen LogP contribution in [-0.4, -0.2) is 39.6 Å². The number of likely N-dealkylation sites (tertiary alicyclic amines) is 1. The Morgan fingerprint density at radius 3 is 2.26 bits per heavy atom. The van der Waals surface area contributed by atoms with Crippen molar-refractivity contribution in [1.29, 1.82) is 0 Å². The molecular formula is C31H29FN4O2. The van der Waals surface area contributed by atoms with E-state index in [1.807, 2.05) is 55.6 Å². The Morgan fingerprint density at radius 2 is 1.58 bits per heavy atom. The molecule has 0 bridgehead atoms. The lowest BCUT2D eigenvalue weighted by Gasteiger charge is -2.27. The molecule has 6 nitrogen and oxygen atoms in total. The molecule has 7 heteroatoms. The zero-order valence-corrected chi connectivity index (χ0v) is 21.2. The minimum absolute atomic E-state index is 0.174. The van der Waals surface area contributed by atoms with Gasteiger partial charge in [0.15, 0.2) is 0 Å². The summed E-state index contributed by atoms with van der Waals surface area (Å²) in [6, 6.07) is 22.9. The molecule has 3 aromatic carbocycles. The molecule has 0 unspecified atom stereocenters. The smallest absolute Gasteiger partial charge is 0.270 e. The van der Waals surface area contributed by atoms with E-state index < -0.39 is 0 Å². The summed E-state index contributed by atoms with van der Waals surface area (Å²) in [7, 11) is 0. The van der Waals surface area contributed by atoms with E-state index in [1.165, 1.54) is 12.1 Å². The third kappa shape index (κ3) is 5.72. The van der Waals surface area contributed by atoms with Crippen LogP contribution in [0.2, 0.25) is 0 Å². The number of carbonyl (C=O) groups excluding carboxylic acids is 2. The van der Waals surface area contributed by atoms with Gasteiger partial charge in [0, 0.05) is 36.0 Å². The lowest BCUT2D eigenvalue weighted by atomic mass is 10.1. The van der Waals surface area contributed by atoms with Gasteiger partial charge in [-0.25, -0.2) is 9.07 Å². The Morgan fingerprint density at radius 1 is 0.895 bits per heavy atom. The quantitative estimate of drug-likeness (QED) is 0.336. The number of carbonyl (C=O) groups is 2. The van der Waals surface area contributed by atoms with Gasteiger partial charge in [-0.3, -0.25) is 9.59 Å². The number of halogens is 1. The van der Waals surface area contributed by atoms with Crippen molar-refractivity contribution in [2.75, 3.05) is 13.1 Å². The van der Waals surface area contributed by atoms with Gasteiger partial charge >= 0.3 is 0 Å². The Bertz CT molecular complexity index is 1450. The van der Waals surface area contributed by atoms with E-state index in [2.05, 4.69) is 5.32 Å². The zero-order chi connectivity index (χ0) is 26.5. The highest BCUT2D eigenvalue weighted by Crippen LogP contribution is 2.26. The molecule has 0 aliphatic carbocycles. The average Bonchev–Trinajstić information content (AvgIpc) is 3.37. The minimum Gasteiger partial charge on any atom is -0.337 e. The molecule has 0 radical (unpaired) electrons. The topological polar surface area (TPSA) is 67.2 Å². The highest BCUT2D eigenvalue weighted by atomic mass is 19.1. The van der Waals surface area contributed by atoms with Gasteiger partial charge in [-0.1, -0.05) is 35.9 Å². The summed E-state index contributed by atoms with van der Waals surface area (Å²) in [6.45, 7) is 3.24. The molecule has 0 saturated carbocycles. The second-order valence-corrected chi connectivity index (χ2v) is 9.45. The fourth-order valence-corrected chi connectivity index (χ4v) is 4.51. The van der Waals surface area contributed by atoms with Crippen LogP contribution in [0.15, 0.2) is 90.8 Å². The van der Waals surface area contributed by atoms with Crippen molar-refractivity contribution in [2.24, 2.45) is 0 Å². The number of nitrogens with one attached hydrogen (secondary N) is 1. The van der Waals surface area contributed by atoms with E-state index in [1.54, 1.807) is 39.9 Å². The van der Waals surface area contributed by atoms with Gasteiger partial charge in [0.05, 0.1) is 5.69 Å². The van der Waals surface area contributed by atoms with Crippen LogP contribution in [-0.2, 0) is 4.79 Å². The second-order valence-electron chi connectivity index (χ2n) is 9.45. The molecule has 0 spiro atoms. The molecule has 1 aromatic heterocycles. The number of para-hydroxylation sites is 1. The molecule has 0 atom stereocenters. The summed E-state index contributed by atoms with van der Waals surface area (Å²) in [5.74, 6) is -0.942. The summed E-state index contributed by atoms with van der Waals surface area (Å²) < 4.78 is 15.4. The van der Waals surface area contributed by atoms with Crippen LogP contribution >= 0.6 is 0 Å². The number of hydrogen-bond donors (Lipinski definition) is 1. The van der Waals surface area contributed by atoms with E-state index in [9.17, 15) is 14.0 Å². The third-order valence-corrected chi connectivity index (χ3v) is 6.62. The summed E-state index contributed by atoms with van der Waals surface area (Å²) in [5, 5.41) is 7.63. The number of aromatic nitrogens is 2. The van der Waals surface area contributed by atoms with Gasteiger partial charge in [-0.05, 0) is 80.8 Å². The van der Waals surface area contributed by atoms with Gasteiger partial charge in [-0.15, -0.1) is 0 Å². The van der Waals surface area contributed by atoms with Gasteiger partial charge in [-0.2, -0.15) is 5.10 Å². The molecule has 1 saturated heterocycles. The molecule has 1 N–H and O–H groups in total. The van der Waals surface area contributed by atoms with Crippen molar-refractivity contribution < 1.29 is 14.0 Å². The summed E-state index contributed by atoms with van der Waals surface area (Å²) in [6.07, 6.45) is 6.43. The highest BCUT2D eigenvalue weighted by Gasteiger charge is 2.24. The normalized spacial score (nSPS) is 13.8. The molecule has 192 valence electrons. The number of nitrogens with zero attached hydrogens (tertiary/aromatic N) is 3. The van der Waals surface area contributed by atoms with Crippen molar-refractivity contribution in [3.63, 3.8) is 0 Å². The monoisotopic (exact) mass is 508 g/mol. The number of aryl methyl sites for hydroxylation is 1. The van der Waals surface area contributed by atoms with Crippen LogP contribution < -0.4 is 5.32 Å². The van der Waals surface area contributed by atoms with E-state index >= 15 is 0 Å². The van der Waals surface area contributed by atoms with Crippen molar-refractivity contribution >= 4 is 17.9 Å². The fourth-order valence-electron chi connectivity index (χ4n) is 4.51. The van der Waals surface area contributed by atoms with E-state index in [0.717, 1.165) is 30.5 Å². The van der Waals surface area contributed by atoms with Gasteiger partial charge in [0.1, 0.15) is 17.2 Å². The molecule has 1 fully saturated rings. The first-order valence-corrected chi connectivity index (χ1v) is 12.8. The van der Waals surface area contributed by atoms with E-state index in [0.29, 0.717) is 35.5 Å². The number of rotatable bonds is 6. The fraction of sp³-hybridized carbons (Fsp3) is 0.194. The molecule has 1 aliphatic heterocycles. The molecule has 1 aliphatic rings. The van der Waals surface area contributed by atoms with E-state index in [4.69, 9.17) is 5.10 Å². The second kappa shape index (κ2) is 11.3. The van der Waals surface area contributed by atoms with Crippen molar-refractivity contribution in [3.8, 4) is 16.9 Å². The van der Waals surface area contributed by atoms with E-state index in [-0.39, 0.29) is 23.3 Å². The van der Waals surface area contributed by atoms with Crippen LogP contribution in [0, 0.1) is 12.7 Å². The maximum atomic E-state index is 13.7. The highest BCUT2D eigenvalue weighted by molar-refractivity contribution is 6.05. The van der Waals surface area contributed by atoms with Crippen LogP contribution in [0.5, 0.6) is 0 Å². The first-order chi connectivity index (χ1) is 18.5. The molecule has 2 heterocycles. The summed E-state index contributed by atoms with van der Waals surface area (Å²) >= 11 is 0. The van der Waals surface area contributed by atoms with Crippen LogP contribution in [0.3, 0.4) is 0 Å². The molecule has 2 amide bonds. The lowest BCUT2D eigenvalue weighted by Crippen LogP contribution is -2.41. The molecule has 5 rings (SSSR count). The first-order valence-electron chi connectivity index (χ1n) is 12.8. The van der Waals surface area contributed by atoms with Crippen molar-refractivity contribution in [2.45, 2.75) is 26.2 Å². The average molecular weight is 509 g/mol. The maximum absolute atomic E-state index is 13.7. The standard InChI is InChI=1S/C31H29FN4O2/c1-22-10-12-24(13-11-22)30(37)33-28(31(38)35-18-6-3-7-19-35)20-25-21-36(27-8-4-2-5-9-27)34-29(25)23-14-16-26(32)17-15-23/h2,4-5,8-17,20-21H,3,6-7,18-19H2,1H3,(H,33,37)/b28-20-. The van der Waals surface area contributed by atoms with Gasteiger partial charge in [0.2, 0.25) is 0 Å². The Labute approximate surface area is 221 Å². The Kier molecular flexibility index (Phi) is 7.45. The predicted molar refractivity (Wildman–Crippen MR) is 146 cm³/mol. The number of piperidine rings is 1. The third-order valence-electron chi connectivity index (χ3n) is 6.62. The van der Waals surface area contributed by atoms with Gasteiger partial charge < -0.3 is 10.2 Å². The first kappa shape index (κ1) is 25.1. The number of hydrogen-bond acceptors (Lipinski definition) is 3. The van der Waals surface area contributed by atoms with Crippen LogP contribution in [0.25, 0.3) is 23.0 Å². The van der Waals surface area contributed by atoms with Crippen molar-refractivity contribution in [1.82, 2.24) is 20.0 Å². The SMILES string of the molecule is Cc1ccc(C(=O)N/C(=C\c2cn(-c3ccccc3)nc2-c2ccc(F)cc2)C(=O)N2CCCCC2)cc1.